The fraction of sp³-hybridized carbons (Fsp3) is 0.917. The number of unbranched alkanes of at least 4 members (excludes halogenated alkanes) is 4. The fourth-order valence-corrected chi connectivity index (χ4v) is 3.01. The molecule has 14 heavy (non-hydrogen) atoms. The van der Waals surface area contributed by atoms with Gasteiger partial charge in [-0.3, -0.25) is 4.99 Å². The maximum absolute atomic E-state index is 4.67. The third-order valence-corrected chi connectivity index (χ3v) is 4.26. The van der Waals surface area contributed by atoms with Gasteiger partial charge in [0.15, 0.2) is 0 Å². The zero-order chi connectivity index (χ0) is 10.4. The minimum absolute atomic E-state index is 0.576. The van der Waals surface area contributed by atoms with Gasteiger partial charge in [0.1, 0.15) is 0 Å². The summed E-state index contributed by atoms with van der Waals surface area (Å²) in [6, 6.07) is 0. The molecule has 0 bridgehead atoms. The second-order valence-electron chi connectivity index (χ2n) is 4.21. The highest BCUT2D eigenvalue weighted by atomic mass is 32.2. The van der Waals surface area contributed by atoms with Gasteiger partial charge in [-0.25, -0.2) is 0 Å². The van der Waals surface area contributed by atoms with E-state index in [2.05, 4.69) is 25.8 Å². The van der Waals surface area contributed by atoms with E-state index in [1.165, 1.54) is 44.2 Å². The minimum atomic E-state index is 0.576. The first kappa shape index (κ1) is 12.1. The number of thioether (sulfide) groups is 1. The lowest BCUT2D eigenvalue weighted by Crippen LogP contribution is -2.02. The Morgan fingerprint density at radius 2 is 1.93 bits per heavy atom. The molecule has 0 aliphatic carbocycles. The third-order valence-electron chi connectivity index (χ3n) is 2.85. The number of nitrogens with zero attached hydrogens (tertiary/aromatic N) is 1. The van der Waals surface area contributed by atoms with Crippen LogP contribution in [-0.2, 0) is 0 Å². The van der Waals surface area contributed by atoms with E-state index in [1.807, 2.05) is 11.8 Å². The van der Waals surface area contributed by atoms with Crippen molar-refractivity contribution >= 4 is 17.5 Å². The molecule has 1 aliphatic heterocycles. The summed E-state index contributed by atoms with van der Waals surface area (Å²) in [7, 11) is 0. The van der Waals surface area contributed by atoms with Gasteiger partial charge in [0.2, 0.25) is 0 Å². The van der Waals surface area contributed by atoms with E-state index >= 15 is 0 Å². The van der Waals surface area contributed by atoms with Crippen molar-refractivity contribution in [3.63, 3.8) is 0 Å². The summed E-state index contributed by atoms with van der Waals surface area (Å²) < 4.78 is 0. The lowest BCUT2D eigenvalue weighted by molar-refractivity contribution is 0.603. The van der Waals surface area contributed by atoms with Gasteiger partial charge in [-0.15, -0.1) is 11.8 Å². The van der Waals surface area contributed by atoms with Crippen LogP contribution in [0, 0.1) is 0 Å². The molecule has 2 unspecified atom stereocenters. The quantitative estimate of drug-likeness (QED) is 0.600. The molecule has 1 aliphatic rings. The van der Waals surface area contributed by atoms with Crippen LogP contribution in [0.15, 0.2) is 4.99 Å². The molecule has 0 fully saturated rings. The standard InChI is InChI=1S/C12H23NS/c1-4-5-6-7-8-9-12-13-10(2)11(3)14-12/h11-12H,4-9H2,1-3H3. The number of aliphatic imine (C=N–C) groups is 1. The van der Waals surface area contributed by atoms with Crippen LogP contribution in [0.1, 0.15) is 59.3 Å². The second kappa shape index (κ2) is 6.49. The molecule has 2 heteroatoms. The summed E-state index contributed by atoms with van der Waals surface area (Å²) in [6.45, 7) is 6.69. The maximum atomic E-state index is 4.67. The fourth-order valence-electron chi connectivity index (χ4n) is 1.75. The highest BCUT2D eigenvalue weighted by molar-refractivity contribution is 8.01. The van der Waals surface area contributed by atoms with Crippen LogP contribution in [0.3, 0.4) is 0 Å². The molecule has 0 radical (unpaired) electrons. The predicted octanol–water partition coefficient (Wildman–Crippen LogP) is 4.27. The molecule has 82 valence electrons. The van der Waals surface area contributed by atoms with Crippen LogP contribution in [0.25, 0.3) is 0 Å². The summed E-state index contributed by atoms with van der Waals surface area (Å²) in [5.74, 6) is 0. The van der Waals surface area contributed by atoms with E-state index in [-0.39, 0.29) is 0 Å². The van der Waals surface area contributed by atoms with Crippen molar-refractivity contribution in [3.05, 3.63) is 0 Å². The topological polar surface area (TPSA) is 12.4 Å². The Balaban J connectivity index is 2.03. The van der Waals surface area contributed by atoms with E-state index in [0.29, 0.717) is 10.6 Å². The molecule has 2 atom stereocenters. The van der Waals surface area contributed by atoms with Crippen molar-refractivity contribution < 1.29 is 0 Å². The minimum Gasteiger partial charge on any atom is -0.279 e. The predicted molar refractivity (Wildman–Crippen MR) is 67.3 cm³/mol. The first-order chi connectivity index (χ1) is 6.74. The Hall–Kier alpha value is 0.0200. The zero-order valence-corrected chi connectivity index (χ0v) is 10.6. The van der Waals surface area contributed by atoms with Crippen LogP contribution < -0.4 is 0 Å². The van der Waals surface area contributed by atoms with Gasteiger partial charge in [0, 0.05) is 11.0 Å². The Labute approximate surface area is 92.8 Å². The van der Waals surface area contributed by atoms with Crippen molar-refractivity contribution in [3.8, 4) is 0 Å². The van der Waals surface area contributed by atoms with Crippen LogP contribution in [-0.4, -0.2) is 16.3 Å². The third kappa shape index (κ3) is 4.04. The molecule has 0 amide bonds. The van der Waals surface area contributed by atoms with Gasteiger partial charge in [0.05, 0.1) is 5.37 Å². The largest absolute Gasteiger partial charge is 0.279 e. The average Bonchev–Trinajstić information content (AvgIpc) is 2.46. The lowest BCUT2D eigenvalue weighted by atomic mass is 10.1. The van der Waals surface area contributed by atoms with Crippen molar-refractivity contribution in [2.24, 2.45) is 4.99 Å². The van der Waals surface area contributed by atoms with Gasteiger partial charge >= 0.3 is 0 Å². The number of hydrogen-bond donors (Lipinski definition) is 0. The molecule has 1 heterocycles. The molecule has 0 saturated carbocycles. The molecule has 1 rings (SSSR count). The summed E-state index contributed by atoms with van der Waals surface area (Å²) in [5.41, 5.74) is 1.34. The number of hydrogen-bond acceptors (Lipinski definition) is 2. The normalized spacial score (nSPS) is 26.6. The molecule has 0 saturated heterocycles. The molecule has 0 aromatic rings. The molecular formula is C12H23NS. The van der Waals surface area contributed by atoms with E-state index < -0.39 is 0 Å². The molecule has 1 nitrogen and oxygen atoms in total. The second-order valence-corrected chi connectivity index (χ2v) is 5.73. The SMILES string of the molecule is CCCCCCCC1N=C(C)C(C)S1. The Bertz CT molecular complexity index is 189. The van der Waals surface area contributed by atoms with Crippen molar-refractivity contribution in [2.45, 2.75) is 69.9 Å². The van der Waals surface area contributed by atoms with Gasteiger partial charge in [-0.2, -0.15) is 0 Å². The lowest BCUT2D eigenvalue weighted by Gasteiger charge is -2.06. The van der Waals surface area contributed by atoms with Gasteiger partial charge in [-0.1, -0.05) is 39.0 Å². The Morgan fingerprint density at radius 1 is 1.21 bits per heavy atom. The zero-order valence-electron chi connectivity index (χ0n) is 9.75. The smallest absolute Gasteiger partial charge is 0.0957 e. The van der Waals surface area contributed by atoms with Crippen LogP contribution >= 0.6 is 11.8 Å². The van der Waals surface area contributed by atoms with E-state index in [0.717, 1.165) is 0 Å². The van der Waals surface area contributed by atoms with E-state index in [1.54, 1.807) is 0 Å². The summed E-state index contributed by atoms with van der Waals surface area (Å²) in [5, 5.41) is 1.24. The molecule has 0 N–H and O–H groups in total. The van der Waals surface area contributed by atoms with Crippen LogP contribution in [0.5, 0.6) is 0 Å². The summed E-state index contributed by atoms with van der Waals surface area (Å²) in [6.07, 6.45) is 8.19. The molecule has 0 aromatic heterocycles. The van der Waals surface area contributed by atoms with Gasteiger partial charge < -0.3 is 0 Å². The average molecular weight is 213 g/mol. The number of rotatable bonds is 6. The molecule has 0 spiro atoms. The molecular weight excluding hydrogens is 190 g/mol. The Morgan fingerprint density at radius 3 is 2.50 bits per heavy atom. The summed E-state index contributed by atoms with van der Waals surface area (Å²) in [4.78, 5) is 4.67. The maximum Gasteiger partial charge on any atom is 0.0957 e. The molecule has 0 aromatic carbocycles. The Kier molecular flexibility index (Phi) is 5.61. The van der Waals surface area contributed by atoms with Crippen molar-refractivity contribution in [2.75, 3.05) is 0 Å². The van der Waals surface area contributed by atoms with Crippen LogP contribution in [0.4, 0.5) is 0 Å². The van der Waals surface area contributed by atoms with Gasteiger partial charge in [0.25, 0.3) is 0 Å². The van der Waals surface area contributed by atoms with E-state index in [4.69, 9.17) is 0 Å². The van der Waals surface area contributed by atoms with Crippen molar-refractivity contribution in [1.29, 1.82) is 0 Å². The highest BCUT2D eigenvalue weighted by Crippen LogP contribution is 2.30. The van der Waals surface area contributed by atoms with Crippen LogP contribution in [0.2, 0.25) is 0 Å². The highest BCUT2D eigenvalue weighted by Gasteiger charge is 2.21. The first-order valence-electron chi connectivity index (χ1n) is 5.93. The van der Waals surface area contributed by atoms with Gasteiger partial charge in [-0.05, 0) is 20.3 Å². The monoisotopic (exact) mass is 213 g/mol. The first-order valence-corrected chi connectivity index (χ1v) is 6.88. The van der Waals surface area contributed by atoms with E-state index in [9.17, 15) is 0 Å². The van der Waals surface area contributed by atoms with Crippen molar-refractivity contribution in [1.82, 2.24) is 0 Å². The summed E-state index contributed by atoms with van der Waals surface area (Å²) >= 11 is 2.03.